The van der Waals surface area contributed by atoms with E-state index in [9.17, 15) is 9.90 Å². The van der Waals surface area contributed by atoms with Crippen LogP contribution in [0, 0.1) is 5.92 Å². The first-order valence-electron chi connectivity index (χ1n) is 11.7. The van der Waals surface area contributed by atoms with Crippen LogP contribution in [-0.4, -0.2) is 64.2 Å². The Morgan fingerprint density at radius 2 is 1.66 bits per heavy atom. The average molecular weight is 398 g/mol. The summed E-state index contributed by atoms with van der Waals surface area (Å²) >= 11 is 0. The van der Waals surface area contributed by atoms with Gasteiger partial charge in [-0.3, -0.25) is 14.6 Å². The monoisotopic (exact) mass is 397 g/mol. The fourth-order valence-electron chi connectivity index (χ4n) is 5.97. The minimum atomic E-state index is -0.676. The first kappa shape index (κ1) is 19.5. The molecule has 5 nitrogen and oxygen atoms in total. The van der Waals surface area contributed by atoms with E-state index in [0.717, 1.165) is 43.9 Å². The van der Waals surface area contributed by atoms with Crippen LogP contribution in [0.3, 0.4) is 0 Å². The molecule has 2 saturated carbocycles. The van der Waals surface area contributed by atoms with Crippen LogP contribution < -0.4 is 5.32 Å². The van der Waals surface area contributed by atoms with Gasteiger partial charge in [0.2, 0.25) is 0 Å². The van der Waals surface area contributed by atoms with Crippen LogP contribution in [0.25, 0.3) is 0 Å². The number of nitrogens with zero attached hydrogens (tertiary/aromatic N) is 2. The lowest BCUT2D eigenvalue weighted by atomic mass is 9.83. The van der Waals surface area contributed by atoms with Crippen LogP contribution in [-0.2, 0) is 11.3 Å². The smallest absolute Gasteiger partial charge is 0.317 e. The molecule has 2 aliphatic heterocycles. The van der Waals surface area contributed by atoms with E-state index in [0.29, 0.717) is 18.1 Å². The highest BCUT2D eigenvalue weighted by atomic mass is 16.4. The standard InChI is InChI=1S/C24H35N3O2/c28-24(29)16-26(14-18-6-7-18)23-12-20(13-23)25-19-10-21-8-9-22(11-19)27(21)15-17-4-2-1-3-5-17/h1-5,18-23,25H,6-16H2,(H,28,29). The van der Waals surface area contributed by atoms with Crippen molar-refractivity contribution in [3.8, 4) is 0 Å². The second-order valence-corrected chi connectivity index (χ2v) is 9.97. The van der Waals surface area contributed by atoms with Gasteiger partial charge in [-0.25, -0.2) is 0 Å². The van der Waals surface area contributed by atoms with Crippen molar-refractivity contribution in [3.05, 3.63) is 35.9 Å². The van der Waals surface area contributed by atoms with Gasteiger partial charge in [-0.15, -0.1) is 0 Å². The predicted octanol–water partition coefficient (Wildman–Crippen LogP) is 3.10. The number of piperidine rings is 1. The van der Waals surface area contributed by atoms with E-state index in [2.05, 4.69) is 45.4 Å². The van der Waals surface area contributed by atoms with Crippen molar-refractivity contribution in [2.24, 2.45) is 5.92 Å². The van der Waals surface area contributed by atoms with Crippen LogP contribution in [0.5, 0.6) is 0 Å². The van der Waals surface area contributed by atoms with E-state index in [4.69, 9.17) is 0 Å². The van der Waals surface area contributed by atoms with E-state index in [1.54, 1.807) is 0 Å². The third-order valence-corrected chi connectivity index (χ3v) is 7.72. The minimum absolute atomic E-state index is 0.218. The Labute approximate surface area is 174 Å². The second-order valence-electron chi connectivity index (χ2n) is 9.97. The molecule has 0 amide bonds. The van der Waals surface area contributed by atoms with E-state index < -0.39 is 5.97 Å². The summed E-state index contributed by atoms with van der Waals surface area (Å²) in [5.41, 5.74) is 1.44. The summed E-state index contributed by atoms with van der Waals surface area (Å²) in [7, 11) is 0. The number of rotatable bonds is 9. The summed E-state index contributed by atoms with van der Waals surface area (Å²) in [5.74, 6) is 0.0790. The number of nitrogens with one attached hydrogen (secondary N) is 1. The molecule has 1 aromatic rings. The summed E-state index contributed by atoms with van der Waals surface area (Å²) < 4.78 is 0. The zero-order valence-corrected chi connectivity index (χ0v) is 17.4. The lowest BCUT2D eigenvalue weighted by Gasteiger charge is -2.46. The quantitative estimate of drug-likeness (QED) is 0.671. The Kier molecular flexibility index (Phi) is 5.63. The number of benzene rings is 1. The molecule has 0 aromatic heterocycles. The average Bonchev–Trinajstić information content (AvgIpc) is 3.44. The molecule has 2 bridgehead atoms. The van der Waals surface area contributed by atoms with Gasteiger partial charge in [0.15, 0.2) is 0 Å². The van der Waals surface area contributed by atoms with Gasteiger partial charge in [0, 0.05) is 43.3 Å². The van der Waals surface area contributed by atoms with Crippen molar-refractivity contribution in [2.45, 2.75) is 88.1 Å². The Morgan fingerprint density at radius 3 is 2.28 bits per heavy atom. The van der Waals surface area contributed by atoms with Crippen LogP contribution in [0.2, 0.25) is 0 Å². The maximum Gasteiger partial charge on any atom is 0.317 e. The van der Waals surface area contributed by atoms with Gasteiger partial charge in [0.25, 0.3) is 0 Å². The molecule has 0 spiro atoms. The van der Waals surface area contributed by atoms with Crippen LogP contribution >= 0.6 is 0 Å². The van der Waals surface area contributed by atoms with E-state index in [1.807, 2.05) is 0 Å². The highest BCUT2D eigenvalue weighted by Gasteiger charge is 2.43. The molecule has 4 fully saturated rings. The van der Waals surface area contributed by atoms with Crippen molar-refractivity contribution < 1.29 is 9.90 Å². The molecular formula is C24H35N3O2. The lowest BCUT2D eigenvalue weighted by molar-refractivity contribution is -0.139. The Bertz CT molecular complexity index is 687. The van der Waals surface area contributed by atoms with Crippen LogP contribution in [0.15, 0.2) is 30.3 Å². The van der Waals surface area contributed by atoms with E-state index in [-0.39, 0.29) is 6.54 Å². The molecule has 5 heteroatoms. The number of hydrogen-bond acceptors (Lipinski definition) is 4. The molecule has 2 heterocycles. The Morgan fingerprint density at radius 1 is 1.00 bits per heavy atom. The molecule has 2 aliphatic carbocycles. The van der Waals surface area contributed by atoms with Gasteiger partial charge in [0.1, 0.15) is 0 Å². The van der Waals surface area contributed by atoms with E-state index >= 15 is 0 Å². The number of carboxylic acids is 1. The van der Waals surface area contributed by atoms with Crippen LogP contribution in [0.1, 0.15) is 56.9 Å². The normalized spacial score (nSPS) is 34.3. The predicted molar refractivity (Wildman–Crippen MR) is 114 cm³/mol. The maximum absolute atomic E-state index is 11.2. The summed E-state index contributed by atoms with van der Waals surface area (Å²) in [6.07, 6.45) is 10.0. The van der Waals surface area contributed by atoms with Crippen molar-refractivity contribution >= 4 is 5.97 Å². The third-order valence-electron chi connectivity index (χ3n) is 7.72. The molecule has 1 aromatic carbocycles. The summed E-state index contributed by atoms with van der Waals surface area (Å²) in [4.78, 5) is 16.2. The van der Waals surface area contributed by atoms with Crippen molar-refractivity contribution in [2.75, 3.05) is 13.1 Å². The molecule has 158 valence electrons. The lowest BCUT2D eigenvalue weighted by Crippen LogP contribution is -2.58. The topological polar surface area (TPSA) is 55.8 Å². The number of carbonyl (C=O) groups is 1. The van der Waals surface area contributed by atoms with Gasteiger partial charge in [-0.2, -0.15) is 0 Å². The number of hydrogen-bond donors (Lipinski definition) is 2. The molecule has 0 radical (unpaired) electrons. The van der Waals surface area contributed by atoms with Gasteiger partial charge in [0.05, 0.1) is 6.54 Å². The molecule has 29 heavy (non-hydrogen) atoms. The second kappa shape index (κ2) is 8.37. The largest absolute Gasteiger partial charge is 0.480 e. The first-order valence-corrected chi connectivity index (χ1v) is 11.7. The van der Waals surface area contributed by atoms with Gasteiger partial charge in [-0.1, -0.05) is 30.3 Å². The highest BCUT2D eigenvalue weighted by molar-refractivity contribution is 5.69. The van der Waals surface area contributed by atoms with Crippen molar-refractivity contribution in [3.63, 3.8) is 0 Å². The summed E-state index contributed by atoms with van der Waals surface area (Å²) in [6.45, 7) is 2.31. The molecule has 2 unspecified atom stereocenters. The van der Waals surface area contributed by atoms with Crippen molar-refractivity contribution in [1.82, 2.24) is 15.1 Å². The number of fused-ring (bicyclic) bond motifs is 2. The van der Waals surface area contributed by atoms with Crippen LogP contribution in [0.4, 0.5) is 0 Å². The molecule has 2 N–H and O–H groups in total. The Balaban J connectivity index is 1.10. The summed E-state index contributed by atoms with van der Waals surface area (Å²) in [6, 6.07) is 14.0. The zero-order chi connectivity index (χ0) is 19.8. The van der Waals surface area contributed by atoms with E-state index in [1.165, 1.54) is 44.1 Å². The van der Waals surface area contributed by atoms with Gasteiger partial charge < -0.3 is 10.4 Å². The minimum Gasteiger partial charge on any atom is -0.480 e. The molecule has 4 aliphatic rings. The number of carboxylic acid groups (broad SMARTS) is 1. The first-order chi connectivity index (χ1) is 14.1. The SMILES string of the molecule is O=C(O)CN(CC1CC1)C1CC(NC2CC3CCC(C2)N3Cc2ccccc2)C1. The van der Waals surface area contributed by atoms with Gasteiger partial charge in [-0.05, 0) is 62.8 Å². The number of aliphatic carboxylic acids is 1. The fraction of sp³-hybridized carbons (Fsp3) is 0.708. The molecule has 2 saturated heterocycles. The molecule has 5 rings (SSSR count). The van der Waals surface area contributed by atoms with Gasteiger partial charge >= 0.3 is 5.97 Å². The fourth-order valence-corrected chi connectivity index (χ4v) is 5.97. The third kappa shape index (κ3) is 4.68. The van der Waals surface area contributed by atoms with Crippen molar-refractivity contribution in [1.29, 1.82) is 0 Å². The molecular weight excluding hydrogens is 362 g/mol. The molecule has 2 atom stereocenters. The summed E-state index contributed by atoms with van der Waals surface area (Å²) in [5, 5.41) is 13.2. The Hall–Kier alpha value is -1.43. The highest BCUT2D eigenvalue weighted by Crippen LogP contribution is 2.38. The zero-order valence-electron chi connectivity index (χ0n) is 17.4. The maximum atomic E-state index is 11.2.